The second-order valence-corrected chi connectivity index (χ2v) is 10.8. The number of hydrogen-bond acceptors (Lipinski definition) is 6. The largest absolute Gasteiger partial charge is 0.474 e. The third-order valence-electron chi connectivity index (χ3n) is 4.80. The predicted molar refractivity (Wildman–Crippen MR) is 143 cm³/mol. The number of amides is 1. The predicted octanol–water partition coefficient (Wildman–Crippen LogP) is 5.47. The Kier molecular flexibility index (Phi) is 14.4. The minimum atomic E-state index is -0.471. The third-order valence-corrected chi connectivity index (χ3v) is 4.80. The van der Waals surface area contributed by atoms with E-state index >= 15 is 0 Å². The molecular formula is C28H49N3O4. The quantitative estimate of drug-likeness (QED) is 0.223. The zero-order chi connectivity index (χ0) is 26.2. The Morgan fingerprint density at radius 3 is 2.09 bits per heavy atom. The number of benzene rings is 1. The SMILES string of the molecule is C=C(NCCCN(CCCCOCCCNC(=O)OC(C)(C)C)Cc1ccccc1)OC(C)(C)C. The molecule has 1 rings (SSSR count). The van der Waals surface area contributed by atoms with Gasteiger partial charge in [-0.25, -0.2) is 4.79 Å². The maximum absolute atomic E-state index is 11.6. The number of alkyl carbamates (subject to hydrolysis) is 1. The van der Waals surface area contributed by atoms with E-state index in [1.807, 2.05) is 41.5 Å². The van der Waals surface area contributed by atoms with E-state index in [0.29, 0.717) is 19.0 Å². The normalized spacial score (nSPS) is 11.9. The van der Waals surface area contributed by atoms with Crippen molar-refractivity contribution in [1.82, 2.24) is 15.5 Å². The van der Waals surface area contributed by atoms with Gasteiger partial charge in [-0.15, -0.1) is 0 Å². The fourth-order valence-corrected chi connectivity index (χ4v) is 3.37. The highest BCUT2D eigenvalue weighted by atomic mass is 16.6. The minimum Gasteiger partial charge on any atom is -0.474 e. The molecule has 7 nitrogen and oxygen atoms in total. The molecule has 0 spiro atoms. The molecule has 0 bridgehead atoms. The van der Waals surface area contributed by atoms with Crippen molar-refractivity contribution in [3.63, 3.8) is 0 Å². The van der Waals surface area contributed by atoms with Crippen LogP contribution in [0.4, 0.5) is 4.79 Å². The zero-order valence-electron chi connectivity index (χ0n) is 23.0. The van der Waals surface area contributed by atoms with Crippen molar-refractivity contribution >= 4 is 6.09 Å². The monoisotopic (exact) mass is 491 g/mol. The van der Waals surface area contributed by atoms with Crippen LogP contribution in [0.15, 0.2) is 42.8 Å². The molecule has 0 radical (unpaired) electrons. The van der Waals surface area contributed by atoms with E-state index in [1.165, 1.54) is 5.56 Å². The van der Waals surface area contributed by atoms with Gasteiger partial charge in [-0.1, -0.05) is 30.3 Å². The Bertz CT molecular complexity index is 711. The first-order chi connectivity index (χ1) is 16.4. The zero-order valence-corrected chi connectivity index (χ0v) is 23.0. The van der Waals surface area contributed by atoms with Crippen LogP contribution in [0.1, 0.15) is 72.8 Å². The molecule has 0 aliphatic carbocycles. The third kappa shape index (κ3) is 18.7. The minimum absolute atomic E-state index is 0.236. The van der Waals surface area contributed by atoms with Gasteiger partial charge in [-0.05, 0) is 85.9 Å². The lowest BCUT2D eigenvalue weighted by Crippen LogP contribution is -2.33. The smallest absolute Gasteiger partial charge is 0.407 e. The molecule has 1 aromatic rings. The number of ether oxygens (including phenoxy) is 3. The van der Waals surface area contributed by atoms with Crippen molar-refractivity contribution in [2.75, 3.05) is 39.4 Å². The van der Waals surface area contributed by atoms with Crippen molar-refractivity contribution in [3.8, 4) is 0 Å². The number of carbonyl (C=O) groups is 1. The van der Waals surface area contributed by atoms with E-state index < -0.39 is 5.60 Å². The van der Waals surface area contributed by atoms with Crippen molar-refractivity contribution in [1.29, 1.82) is 0 Å². The van der Waals surface area contributed by atoms with Crippen LogP contribution in [0.3, 0.4) is 0 Å². The van der Waals surface area contributed by atoms with Gasteiger partial charge in [0, 0.05) is 39.4 Å². The molecular weight excluding hydrogens is 442 g/mol. The van der Waals surface area contributed by atoms with Gasteiger partial charge in [-0.2, -0.15) is 0 Å². The molecule has 200 valence electrons. The summed E-state index contributed by atoms with van der Waals surface area (Å²) in [6.07, 6.45) is 3.50. The molecule has 2 N–H and O–H groups in total. The lowest BCUT2D eigenvalue weighted by atomic mass is 10.2. The fraction of sp³-hybridized carbons (Fsp3) is 0.679. The lowest BCUT2D eigenvalue weighted by molar-refractivity contribution is 0.0412. The Morgan fingerprint density at radius 2 is 1.43 bits per heavy atom. The molecule has 0 saturated carbocycles. The van der Waals surface area contributed by atoms with E-state index in [9.17, 15) is 4.79 Å². The first kappa shape index (κ1) is 30.8. The molecule has 1 aromatic carbocycles. The second-order valence-electron chi connectivity index (χ2n) is 10.8. The maximum Gasteiger partial charge on any atom is 0.407 e. The molecule has 0 fully saturated rings. The summed E-state index contributed by atoms with van der Waals surface area (Å²) in [6, 6.07) is 10.6. The average Bonchev–Trinajstić information content (AvgIpc) is 2.73. The van der Waals surface area contributed by atoms with E-state index in [-0.39, 0.29) is 11.7 Å². The Balaban J connectivity index is 2.23. The van der Waals surface area contributed by atoms with Crippen LogP contribution in [0.2, 0.25) is 0 Å². The van der Waals surface area contributed by atoms with E-state index in [4.69, 9.17) is 14.2 Å². The molecule has 35 heavy (non-hydrogen) atoms. The van der Waals surface area contributed by atoms with Crippen molar-refractivity contribution < 1.29 is 19.0 Å². The molecule has 0 aromatic heterocycles. The van der Waals surface area contributed by atoms with Gasteiger partial charge in [0.05, 0.1) is 0 Å². The first-order valence-corrected chi connectivity index (χ1v) is 12.9. The topological polar surface area (TPSA) is 72.1 Å². The van der Waals surface area contributed by atoms with Gasteiger partial charge in [-0.3, -0.25) is 4.90 Å². The molecule has 0 saturated heterocycles. The lowest BCUT2D eigenvalue weighted by Gasteiger charge is -2.25. The van der Waals surface area contributed by atoms with Crippen LogP contribution >= 0.6 is 0 Å². The molecule has 0 heterocycles. The molecule has 0 unspecified atom stereocenters. The van der Waals surface area contributed by atoms with E-state index in [1.54, 1.807) is 0 Å². The maximum atomic E-state index is 11.6. The number of rotatable bonds is 17. The van der Waals surface area contributed by atoms with Crippen LogP contribution < -0.4 is 10.6 Å². The summed E-state index contributed by atoms with van der Waals surface area (Å²) in [4.78, 5) is 14.1. The summed E-state index contributed by atoms with van der Waals surface area (Å²) in [7, 11) is 0. The van der Waals surface area contributed by atoms with Crippen LogP contribution in [-0.4, -0.2) is 61.6 Å². The van der Waals surface area contributed by atoms with Crippen LogP contribution in [0, 0.1) is 0 Å². The fourth-order valence-electron chi connectivity index (χ4n) is 3.37. The van der Waals surface area contributed by atoms with Gasteiger partial charge >= 0.3 is 6.09 Å². The first-order valence-electron chi connectivity index (χ1n) is 12.9. The van der Waals surface area contributed by atoms with E-state index in [0.717, 1.165) is 58.5 Å². The van der Waals surface area contributed by atoms with Crippen LogP contribution in [0.5, 0.6) is 0 Å². The number of nitrogens with one attached hydrogen (secondary N) is 2. The van der Waals surface area contributed by atoms with Crippen LogP contribution in [0.25, 0.3) is 0 Å². The molecule has 0 aliphatic rings. The van der Waals surface area contributed by atoms with Gasteiger partial charge < -0.3 is 24.8 Å². The van der Waals surface area contributed by atoms with Gasteiger partial charge in [0.2, 0.25) is 0 Å². The average molecular weight is 492 g/mol. The Morgan fingerprint density at radius 1 is 0.829 bits per heavy atom. The summed E-state index contributed by atoms with van der Waals surface area (Å²) in [5.74, 6) is 0.630. The molecule has 1 amide bonds. The number of hydrogen-bond donors (Lipinski definition) is 2. The van der Waals surface area contributed by atoms with Gasteiger partial charge in [0.1, 0.15) is 11.2 Å². The number of unbranched alkanes of at least 4 members (excludes halogenated alkanes) is 1. The molecule has 7 heteroatoms. The molecule has 0 aliphatic heterocycles. The summed E-state index contributed by atoms with van der Waals surface area (Å²) >= 11 is 0. The second kappa shape index (κ2) is 16.4. The molecule has 0 atom stereocenters. The van der Waals surface area contributed by atoms with E-state index in [2.05, 4.69) is 52.4 Å². The summed E-state index contributed by atoms with van der Waals surface area (Å²) < 4.78 is 16.7. The van der Waals surface area contributed by atoms with Crippen molar-refractivity contribution in [3.05, 3.63) is 48.4 Å². The number of carbonyl (C=O) groups excluding carboxylic acids is 1. The highest BCUT2D eigenvalue weighted by Gasteiger charge is 2.15. The highest BCUT2D eigenvalue weighted by Crippen LogP contribution is 2.11. The number of nitrogens with zero attached hydrogens (tertiary/aromatic N) is 1. The van der Waals surface area contributed by atoms with Crippen LogP contribution in [-0.2, 0) is 20.8 Å². The standard InChI is InChI=1S/C28H49N3O4/c1-24(34-27(2,3)4)29-17-13-20-31(23-25-15-9-8-10-16-25)19-11-12-21-33-22-14-18-30-26(32)35-28(5,6)7/h8-10,15-16,29H,1,11-14,17-23H2,2-7H3,(H,30,32). The van der Waals surface area contributed by atoms with Crippen molar-refractivity contribution in [2.45, 2.75) is 85.0 Å². The summed E-state index contributed by atoms with van der Waals surface area (Å²) in [5, 5.41) is 6.03. The highest BCUT2D eigenvalue weighted by molar-refractivity contribution is 5.67. The van der Waals surface area contributed by atoms with Crippen molar-refractivity contribution in [2.24, 2.45) is 0 Å². The van der Waals surface area contributed by atoms with Gasteiger partial charge in [0.15, 0.2) is 5.88 Å². The Labute approximate surface area is 213 Å². The summed E-state index contributed by atoms with van der Waals surface area (Å²) in [5.41, 5.74) is 0.621. The summed E-state index contributed by atoms with van der Waals surface area (Å²) in [6.45, 7) is 21.3. The Hall–Kier alpha value is -2.25. The van der Waals surface area contributed by atoms with Gasteiger partial charge in [0.25, 0.3) is 0 Å².